The Morgan fingerprint density at radius 2 is 0.844 bits per heavy atom. The Morgan fingerprint density at radius 3 is 1.51 bits per heavy atom. The molecule has 0 saturated carbocycles. The van der Waals surface area contributed by atoms with Gasteiger partial charge in [0.2, 0.25) is 0 Å². The van der Waals surface area contributed by atoms with Gasteiger partial charge in [0.05, 0.1) is 27.6 Å². The topological polar surface area (TPSA) is 53.5 Å². The van der Waals surface area contributed by atoms with Gasteiger partial charge in [-0.05, 0) is 66.7 Å². The van der Waals surface area contributed by atoms with Crippen LogP contribution < -0.4 is 0 Å². The average molecular weight is 577 g/mol. The van der Waals surface area contributed by atoms with Crippen molar-refractivity contribution in [1.82, 2.24) is 28.7 Å². The largest absolute Gasteiger partial charge is 0.294 e. The van der Waals surface area contributed by atoms with E-state index in [-0.39, 0.29) is 0 Å². The first-order chi connectivity index (χ1) is 22.3. The van der Waals surface area contributed by atoms with E-state index in [4.69, 9.17) is 15.0 Å². The van der Waals surface area contributed by atoms with Crippen LogP contribution in [0, 0.1) is 0 Å². The van der Waals surface area contributed by atoms with Gasteiger partial charge >= 0.3 is 0 Å². The first-order valence-electron chi connectivity index (χ1n) is 15.0. The molecule has 0 unspecified atom stereocenters. The highest BCUT2D eigenvalue weighted by Gasteiger charge is 2.20. The molecule has 0 aliphatic carbocycles. The highest BCUT2D eigenvalue weighted by atomic mass is 15.2. The van der Waals surface area contributed by atoms with Gasteiger partial charge in [0.25, 0.3) is 0 Å². The molecule has 0 saturated heterocycles. The van der Waals surface area contributed by atoms with Gasteiger partial charge in [0, 0.05) is 44.7 Å². The van der Waals surface area contributed by atoms with Gasteiger partial charge in [-0.25, -0.2) is 15.0 Å². The second-order valence-corrected chi connectivity index (χ2v) is 11.4. The minimum atomic E-state index is 0.826. The third-order valence-electron chi connectivity index (χ3n) is 8.96. The van der Waals surface area contributed by atoms with Crippen molar-refractivity contribution in [3.05, 3.63) is 146 Å². The molecule has 10 aromatic rings. The summed E-state index contributed by atoms with van der Waals surface area (Å²) >= 11 is 0. The van der Waals surface area contributed by atoms with Crippen LogP contribution in [0.4, 0.5) is 0 Å². The van der Waals surface area contributed by atoms with Crippen LogP contribution in [0.2, 0.25) is 0 Å². The molecule has 6 heterocycles. The summed E-state index contributed by atoms with van der Waals surface area (Å²) in [5, 5.41) is 7.06. The lowest BCUT2D eigenvalue weighted by molar-refractivity contribution is 1.00. The molecule has 6 aromatic heterocycles. The van der Waals surface area contributed by atoms with Gasteiger partial charge in [0.15, 0.2) is 0 Å². The molecule has 210 valence electrons. The number of hydrogen-bond donors (Lipinski definition) is 0. The van der Waals surface area contributed by atoms with Gasteiger partial charge in [-0.3, -0.25) is 13.7 Å². The lowest BCUT2D eigenvalue weighted by Gasteiger charge is -2.11. The van der Waals surface area contributed by atoms with Crippen molar-refractivity contribution < 1.29 is 0 Å². The molecule has 0 radical (unpaired) electrons. The Morgan fingerprint density at radius 1 is 0.333 bits per heavy atom. The fourth-order valence-electron chi connectivity index (χ4n) is 7.10. The predicted octanol–water partition coefficient (Wildman–Crippen LogP) is 9.16. The molecule has 0 bridgehead atoms. The quantitative estimate of drug-likeness (QED) is 0.211. The summed E-state index contributed by atoms with van der Waals surface area (Å²) in [6.45, 7) is 0. The number of pyridine rings is 3. The van der Waals surface area contributed by atoms with E-state index in [0.717, 1.165) is 61.5 Å². The Kier molecular flexibility index (Phi) is 4.90. The van der Waals surface area contributed by atoms with E-state index in [0.29, 0.717) is 0 Å². The second-order valence-electron chi connectivity index (χ2n) is 11.4. The minimum absolute atomic E-state index is 0.826. The molecular weight excluding hydrogens is 552 g/mol. The van der Waals surface area contributed by atoms with Gasteiger partial charge in [-0.15, -0.1) is 0 Å². The predicted molar refractivity (Wildman–Crippen MR) is 183 cm³/mol. The average Bonchev–Trinajstić information content (AvgIpc) is 3.73. The van der Waals surface area contributed by atoms with E-state index in [1.54, 1.807) is 0 Å². The Labute approximate surface area is 257 Å². The van der Waals surface area contributed by atoms with E-state index in [2.05, 4.69) is 129 Å². The Balaban J connectivity index is 1.30. The van der Waals surface area contributed by atoms with Crippen molar-refractivity contribution in [2.24, 2.45) is 0 Å². The molecule has 0 aliphatic rings. The van der Waals surface area contributed by atoms with Crippen LogP contribution in [-0.2, 0) is 0 Å². The number of rotatable bonds is 3. The number of fused-ring (bicyclic) bond motifs is 9. The maximum atomic E-state index is 5.33. The van der Waals surface area contributed by atoms with Crippen molar-refractivity contribution in [3.8, 4) is 17.5 Å². The standard InChI is InChI=1S/C39H24N6/c1-6-17-33-25(11-1)28-14-10-22-41-39(28)45(33)38-20-9-19-37(42-38)44-32-16-5-3-13-27(32)30-23-29-26-12-2-4-15-31(26)43(34(29)24-35(30)44)36-18-7-8-21-40-36/h1-24H. The summed E-state index contributed by atoms with van der Waals surface area (Å²) in [6.07, 6.45) is 3.70. The molecule has 0 N–H and O–H groups in total. The SMILES string of the molecule is c1ccc(-n2c3ccccc3c3cc4c5ccccc5n(-c5cccc(-n6c7ccccc7c7cccnc76)n5)c4cc32)nc1. The van der Waals surface area contributed by atoms with E-state index in [1.165, 1.54) is 21.5 Å². The van der Waals surface area contributed by atoms with Crippen LogP contribution in [0.3, 0.4) is 0 Å². The summed E-state index contributed by atoms with van der Waals surface area (Å²) in [4.78, 5) is 14.9. The molecule has 45 heavy (non-hydrogen) atoms. The number of benzene rings is 4. The highest BCUT2D eigenvalue weighted by molar-refractivity contribution is 6.19. The second kappa shape index (κ2) is 9.11. The number of aromatic nitrogens is 6. The van der Waals surface area contributed by atoms with Crippen LogP contribution in [0.1, 0.15) is 0 Å². The van der Waals surface area contributed by atoms with Crippen LogP contribution in [0.25, 0.3) is 83.0 Å². The smallest absolute Gasteiger partial charge is 0.146 e. The number of para-hydroxylation sites is 3. The Hall–Kier alpha value is -6.27. The van der Waals surface area contributed by atoms with Crippen molar-refractivity contribution >= 4 is 65.5 Å². The molecule has 0 atom stereocenters. The molecule has 6 nitrogen and oxygen atoms in total. The molecule has 4 aromatic carbocycles. The molecular formula is C39H24N6. The zero-order valence-corrected chi connectivity index (χ0v) is 24.0. The van der Waals surface area contributed by atoms with E-state index in [1.807, 2.05) is 30.6 Å². The van der Waals surface area contributed by atoms with Gasteiger partial charge in [-0.2, -0.15) is 0 Å². The van der Waals surface area contributed by atoms with Crippen molar-refractivity contribution in [2.45, 2.75) is 0 Å². The summed E-state index contributed by atoms with van der Waals surface area (Å²) in [6, 6.07) is 46.7. The van der Waals surface area contributed by atoms with Crippen LogP contribution in [-0.4, -0.2) is 28.7 Å². The first-order valence-corrected chi connectivity index (χ1v) is 15.0. The van der Waals surface area contributed by atoms with E-state index >= 15 is 0 Å². The monoisotopic (exact) mass is 576 g/mol. The molecule has 6 heteroatoms. The summed E-state index contributed by atoms with van der Waals surface area (Å²) < 4.78 is 6.72. The number of hydrogen-bond acceptors (Lipinski definition) is 3. The maximum Gasteiger partial charge on any atom is 0.146 e. The minimum Gasteiger partial charge on any atom is -0.294 e. The van der Waals surface area contributed by atoms with Crippen molar-refractivity contribution in [1.29, 1.82) is 0 Å². The molecule has 0 fully saturated rings. The molecule has 0 spiro atoms. The van der Waals surface area contributed by atoms with Crippen LogP contribution in [0.5, 0.6) is 0 Å². The van der Waals surface area contributed by atoms with Gasteiger partial charge in [0.1, 0.15) is 23.1 Å². The lowest BCUT2D eigenvalue weighted by atomic mass is 10.1. The zero-order chi connectivity index (χ0) is 29.5. The first kappa shape index (κ1) is 24.2. The van der Waals surface area contributed by atoms with Crippen molar-refractivity contribution in [2.75, 3.05) is 0 Å². The van der Waals surface area contributed by atoms with E-state index < -0.39 is 0 Å². The summed E-state index contributed by atoms with van der Waals surface area (Å²) in [7, 11) is 0. The third-order valence-corrected chi connectivity index (χ3v) is 8.96. The third kappa shape index (κ3) is 3.36. The summed E-state index contributed by atoms with van der Waals surface area (Å²) in [5.74, 6) is 2.57. The molecule has 10 rings (SSSR count). The van der Waals surface area contributed by atoms with Crippen LogP contribution >= 0.6 is 0 Å². The highest BCUT2D eigenvalue weighted by Crippen LogP contribution is 2.39. The van der Waals surface area contributed by atoms with Gasteiger partial charge < -0.3 is 0 Å². The lowest BCUT2D eigenvalue weighted by Crippen LogP contribution is -2.03. The Bertz CT molecular complexity index is 2710. The van der Waals surface area contributed by atoms with Crippen molar-refractivity contribution in [3.63, 3.8) is 0 Å². The molecule has 0 aliphatic heterocycles. The number of nitrogens with zero attached hydrogens (tertiary/aromatic N) is 6. The van der Waals surface area contributed by atoms with E-state index in [9.17, 15) is 0 Å². The maximum absolute atomic E-state index is 5.33. The molecule has 0 amide bonds. The van der Waals surface area contributed by atoms with Crippen LogP contribution in [0.15, 0.2) is 146 Å². The van der Waals surface area contributed by atoms with Gasteiger partial charge in [-0.1, -0.05) is 66.7 Å². The zero-order valence-electron chi connectivity index (χ0n) is 24.0. The summed E-state index contributed by atoms with van der Waals surface area (Å²) in [5.41, 5.74) is 6.42. The normalized spacial score (nSPS) is 12.0. The fraction of sp³-hybridized carbons (Fsp3) is 0. The fourth-order valence-corrected chi connectivity index (χ4v) is 7.10.